The predicted octanol–water partition coefficient (Wildman–Crippen LogP) is 6.34. The highest BCUT2D eigenvalue weighted by Gasteiger charge is 2.25. The van der Waals surface area contributed by atoms with Crippen molar-refractivity contribution in [3.63, 3.8) is 0 Å². The van der Waals surface area contributed by atoms with E-state index in [1.165, 1.54) is 22.3 Å². The van der Waals surface area contributed by atoms with Gasteiger partial charge in [-0.05, 0) is 49.9 Å². The first kappa shape index (κ1) is 18.5. The highest BCUT2D eigenvalue weighted by Crippen LogP contribution is 2.35. The molecule has 2 aromatic carbocycles. The van der Waals surface area contributed by atoms with Crippen LogP contribution in [0.1, 0.15) is 63.8 Å². The summed E-state index contributed by atoms with van der Waals surface area (Å²) < 4.78 is -0.217. The molecule has 23 heavy (non-hydrogen) atoms. The van der Waals surface area contributed by atoms with E-state index in [0.29, 0.717) is 0 Å². The zero-order valence-corrected chi connectivity index (χ0v) is 16.8. The Labute approximate surface area is 152 Å². The van der Waals surface area contributed by atoms with Crippen molar-refractivity contribution in [3.8, 4) is 0 Å². The minimum Gasteiger partial charge on any atom is -0.168 e. The van der Waals surface area contributed by atoms with Crippen molar-refractivity contribution in [2.24, 2.45) is 0 Å². The SMILES string of the molecule is CC(C)(S)c1ccc(C(C)(C)c2ccc(C(C)(C)S)cc2)cc1. The molecular formula is C21H28S2. The number of benzene rings is 2. The zero-order chi connectivity index (χ0) is 17.5. The second kappa shape index (κ2) is 6.22. The van der Waals surface area contributed by atoms with Crippen molar-refractivity contribution >= 4 is 25.3 Å². The van der Waals surface area contributed by atoms with Gasteiger partial charge in [0.15, 0.2) is 0 Å². The molecule has 0 radical (unpaired) electrons. The number of rotatable bonds is 4. The first-order valence-electron chi connectivity index (χ1n) is 8.09. The van der Waals surface area contributed by atoms with Gasteiger partial charge in [-0.3, -0.25) is 0 Å². The van der Waals surface area contributed by atoms with Crippen LogP contribution in [-0.2, 0) is 14.9 Å². The topological polar surface area (TPSA) is 0 Å². The molecule has 0 fully saturated rings. The maximum absolute atomic E-state index is 4.65. The molecule has 0 saturated heterocycles. The van der Waals surface area contributed by atoms with Crippen LogP contribution in [0.5, 0.6) is 0 Å². The Morgan fingerprint density at radius 1 is 0.478 bits per heavy atom. The van der Waals surface area contributed by atoms with Crippen molar-refractivity contribution in [2.75, 3.05) is 0 Å². The van der Waals surface area contributed by atoms with E-state index in [4.69, 9.17) is 0 Å². The Bertz CT molecular complexity index is 591. The van der Waals surface area contributed by atoms with Crippen molar-refractivity contribution in [1.82, 2.24) is 0 Å². The molecule has 2 heteroatoms. The molecule has 0 spiro atoms. The Hall–Kier alpha value is -0.860. The molecule has 0 bridgehead atoms. The molecule has 0 amide bonds. The van der Waals surface area contributed by atoms with Crippen molar-refractivity contribution < 1.29 is 0 Å². The summed E-state index contributed by atoms with van der Waals surface area (Å²) in [6, 6.07) is 17.7. The fourth-order valence-corrected chi connectivity index (χ4v) is 3.05. The lowest BCUT2D eigenvalue weighted by Crippen LogP contribution is -2.20. The van der Waals surface area contributed by atoms with Crippen molar-refractivity contribution in [3.05, 3.63) is 70.8 Å². The van der Waals surface area contributed by atoms with Crippen LogP contribution < -0.4 is 0 Å². The molecule has 0 unspecified atom stereocenters. The number of thiol groups is 2. The van der Waals surface area contributed by atoms with Crippen molar-refractivity contribution in [2.45, 2.75) is 56.5 Å². The second-order valence-electron chi connectivity index (χ2n) is 7.90. The molecular weight excluding hydrogens is 316 g/mol. The van der Waals surface area contributed by atoms with Gasteiger partial charge in [0.05, 0.1) is 0 Å². The molecule has 0 nitrogen and oxygen atoms in total. The molecule has 124 valence electrons. The molecule has 0 aliphatic heterocycles. The van der Waals surface area contributed by atoms with Crippen LogP contribution in [0.2, 0.25) is 0 Å². The van der Waals surface area contributed by atoms with Gasteiger partial charge in [-0.25, -0.2) is 0 Å². The van der Waals surface area contributed by atoms with Crippen LogP contribution in [-0.4, -0.2) is 0 Å². The first-order chi connectivity index (χ1) is 10.4. The second-order valence-corrected chi connectivity index (χ2v) is 10.1. The van der Waals surface area contributed by atoms with Crippen LogP contribution >= 0.6 is 25.3 Å². The molecule has 0 aliphatic carbocycles. The summed E-state index contributed by atoms with van der Waals surface area (Å²) in [5.41, 5.74) is 5.09. The summed E-state index contributed by atoms with van der Waals surface area (Å²) in [6.45, 7) is 13.0. The van der Waals surface area contributed by atoms with Crippen LogP contribution in [0.15, 0.2) is 48.5 Å². The normalized spacial score (nSPS) is 13.2. The monoisotopic (exact) mass is 344 g/mol. The third-order valence-electron chi connectivity index (χ3n) is 4.63. The van der Waals surface area contributed by atoms with Gasteiger partial charge in [-0.2, -0.15) is 25.3 Å². The average Bonchev–Trinajstić information content (AvgIpc) is 2.46. The van der Waals surface area contributed by atoms with Crippen LogP contribution in [0.3, 0.4) is 0 Å². The van der Waals surface area contributed by atoms with Crippen LogP contribution in [0.4, 0.5) is 0 Å². The summed E-state index contributed by atoms with van der Waals surface area (Å²) >= 11 is 9.30. The zero-order valence-electron chi connectivity index (χ0n) is 15.0. The van der Waals surface area contributed by atoms with Gasteiger partial charge in [-0.15, -0.1) is 0 Å². The van der Waals surface area contributed by atoms with Gasteiger partial charge in [0.1, 0.15) is 0 Å². The van der Waals surface area contributed by atoms with E-state index >= 15 is 0 Å². The van der Waals surface area contributed by atoms with Crippen LogP contribution in [0, 0.1) is 0 Å². The highest BCUT2D eigenvalue weighted by atomic mass is 32.1. The predicted molar refractivity (Wildman–Crippen MR) is 109 cm³/mol. The molecule has 0 heterocycles. The summed E-state index contributed by atoms with van der Waals surface area (Å²) in [4.78, 5) is 0. The van der Waals surface area contributed by atoms with E-state index in [2.05, 4.69) is 115 Å². The van der Waals surface area contributed by atoms with Gasteiger partial charge >= 0.3 is 0 Å². The van der Waals surface area contributed by atoms with Gasteiger partial charge < -0.3 is 0 Å². The van der Waals surface area contributed by atoms with Crippen molar-refractivity contribution in [1.29, 1.82) is 0 Å². The molecule has 0 atom stereocenters. The maximum atomic E-state index is 4.65. The van der Waals surface area contributed by atoms with E-state index in [1.807, 2.05) is 0 Å². The largest absolute Gasteiger partial charge is 0.168 e. The average molecular weight is 345 g/mol. The fourth-order valence-electron chi connectivity index (χ4n) is 2.76. The first-order valence-corrected chi connectivity index (χ1v) is 8.98. The molecule has 0 aromatic heterocycles. The third-order valence-corrected chi connectivity index (χ3v) is 5.14. The van der Waals surface area contributed by atoms with E-state index in [0.717, 1.165) is 0 Å². The van der Waals surface area contributed by atoms with Gasteiger partial charge in [0, 0.05) is 14.9 Å². The summed E-state index contributed by atoms with van der Waals surface area (Å²) in [5, 5.41) is 0. The summed E-state index contributed by atoms with van der Waals surface area (Å²) in [7, 11) is 0. The Balaban J connectivity index is 2.34. The van der Waals surface area contributed by atoms with E-state index < -0.39 is 0 Å². The molecule has 2 aromatic rings. The molecule has 2 rings (SSSR count). The quantitative estimate of drug-likeness (QED) is 0.594. The summed E-state index contributed by atoms with van der Waals surface area (Å²) in [5.74, 6) is 0. The molecule has 0 aliphatic rings. The minimum atomic E-state index is -0.109. The van der Waals surface area contributed by atoms with Gasteiger partial charge in [-0.1, -0.05) is 62.4 Å². The third kappa shape index (κ3) is 4.16. The van der Waals surface area contributed by atoms with Gasteiger partial charge in [0.2, 0.25) is 0 Å². The number of hydrogen-bond donors (Lipinski definition) is 2. The molecule has 0 N–H and O–H groups in total. The Kier molecular flexibility index (Phi) is 4.99. The van der Waals surface area contributed by atoms with Gasteiger partial charge in [0.25, 0.3) is 0 Å². The lowest BCUT2D eigenvalue weighted by Gasteiger charge is -2.28. The number of hydrogen-bond acceptors (Lipinski definition) is 2. The minimum absolute atomic E-state index is 0.0292. The smallest absolute Gasteiger partial charge is 0.0322 e. The van der Waals surface area contributed by atoms with Crippen LogP contribution in [0.25, 0.3) is 0 Å². The maximum Gasteiger partial charge on any atom is 0.0322 e. The molecule has 0 saturated carbocycles. The fraction of sp³-hybridized carbons (Fsp3) is 0.429. The lowest BCUT2D eigenvalue weighted by molar-refractivity contribution is 0.638. The lowest BCUT2D eigenvalue weighted by atomic mass is 9.77. The summed E-state index contributed by atoms with van der Waals surface area (Å²) in [6.07, 6.45) is 0. The Morgan fingerprint density at radius 2 is 0.696 bits per heavy atom. The Morgan fingerprint density at radius 3 is 0.913 bits per heavy atom. The van der Waals surface area contributed by atoms with E-state index in [1.54, 1.807) is 0 Å². The van der Waals surface area contributed by atoms with E-state index in [9.17, 15) is 0 Å². The highest BCUT2D eigenvalue weighted by molar-refractivity contribution is 7.81. The van der Waals surface area contributed by atoms with E-state index in [-0.39, 0.29) is 14.9 Å². The standard InChI is InChI=1S/C21H28S2/c1-19(2,15-7-11-17(12-8-15)20(3,4)22)16-9-13-18(14-10-16)21(5,6)23/h7-14,22-23H,1-6H3.